The van der Waals surface area contributed by atoms with Gasteiger partial charge in [0.15, 0.2) is 12.4 Å². The van der Waals surface area contributed by atoms with Gasteiger partial charge < -0.3 is 19.6 Å². The Bertz CT molecular complexity index is 597. The molecule has 0 aromatic carbocycles. The van der Waals surface area contributed by atoms with E-state index in [4.69, 9.17) is 9.47 Å². The summed E-state index contributed by atoms with van der Waals surface area (Å²) in [4.78, 5) is 4.96. The Morgan fingerprint density at radius 2 is 1.29 bits per heavy atom. The van der Waals surface area contributed by atoms with Gasteiger partial charge in [0.25, 0.3) is 0 Å². The minimum atomic E-state index is 0.501. The van der Waals surface area contributed by atoms with Crippen LogP contribution in [0.2, 0.25) is 0 Å². The molecule has 0 bridgehead atoms. The van der Waals surface area contributed by atoms with Crippen LogP contribution in [-0.2, 0) is 9.47 Å². The first-order chi connectivity index (χ1) is 16.6. The lowest BCUT2D eigenvalue weighted by molar-refractivity contribution is -0.605. The number of rotatable bonds is 4. The summed E-state index contributed by atoms with van der Waals surface area (Å²) in [7, 11) is 0. The molecule has 1 atom stereocenters. The van der Waals surface area contributed by atoms with Gasteiger partial charge in [0.1, 0.15) is 0 Å². The third-order valence-corrected chi connectivity index (χ3v) is 6.85. The van der Waals surface area contributed by atoms with Gasteiger partial charge in [-0.25, -0.2) is 0 Å². The van der Waals surface area contributed by atoms with E-state index >= 15 is 0 Å². The van der Waals surface area contributed by atoms with E-state index in [1.165, 1.54) is 56.7 Å². The second-order valence-electron chi connectivity index (χ2n) is 11.0. The SMILES string of the molecule is CC(C)C1CCCO1.CC(C)N1CCCC1.CC(C)N1CCOCC1.CC(C)c1cc[n+]([O-])cc1. The fourth-order valence-corrected chi connectivity index (χ4v) is 4.29. The Morgan fingerprint density at radius 3 is 1.60 bits per heavy atom. The standard InChI is InChI=1S/C8H11NO.C7H15NO.C7H15N.C7H14O/c1-7(2)8-3-5-9(10)6-4-8;1-7(2)8-3-5-9-6-4-8;1-7(2)8-5-3-4-6-8;1-6(2)7-4-3-5-8-7/h3-7H,1-2H3;7H,3-6H2,1-2H3;7H,3-6H2,1-2H3;6-7H,3-5H2,1-2H3. The third-order valence-electron chi connectivity index (χ3n) is 6.85. The van der Waals surface area contributed by atoms with Crippen molar-refractivity contribution in [3.8, 4) is 0 Å². The first kappa shape index (κ1) is 31.8. The summed E-state index contributed by atoms with van der Waals surface area (Å²) >= 11 is 0. The highest BCUT2D eigenvalue weighted by atomic mass is 16.5. The maximum atomic E-state index is 10.6. The van der Waals surface area contributed by atoms with E-state index in [0.717, 1.165) is 49.6 Å². The van der Waals surface area contributed by atoms with Crippen LogP contribution in [0.1, 0.15) is 92.6 Å². The lowest BCUT2D eigenvalue weighted by Crippen LogP contribution is -2.40. The average molecular weight is 494 g/mol. The summed E-state index contributed by atoms with van der Waals surface area (Å²) < 4.78 is 11.4. The molecular formula is C29H55N3O3. The van der Waals surface area contributed by atoms with Gasteiger partial charge in [-0.05, 0) is 83.9 Å². The maximum absolute atomic E-state index is 10.6. The zero-order valence-corrected chi connectivity index (χ0v) is 24.0. The van der Waals surface area contributed by atoms with Crippen LogP contribution in [0, 0.1) is 11.1 Å². The molecule has 3 saturated heterocycles. The Hall–Kier alpha value is -1.21. The number of ether oxygens (including phenoxy) is 2. The molecule has 1 aromatic rings. The van der Waals surface area contributed by atoms with Gasteiger partial charge >= 0.3 is 0 Å². The second kappa shape index (κ2) is 18.1. The number of morpholine rings is 1. The zero-order valence-electron chi connectivity index (χ0n) is 24.0. The van der Waals surface area contributed by atoms with E-state index in [-0.39, 0.29) is 0 Å². The maximum Gasteiger partial charge on any atom is 0.180 e. The van der Waals surface area contributed by atoms with E-state index in [0.29, 0.717) is 18.1 Å². The molecule has 4 heterocycles. The number of hydrogen-bond donors (Lipinski definition) is 0. The monoisotopic (exact) mass is 493 g/mol. The van der Waals surface area contributed by atoms with Gasteiger partial charge in [0.05, 0.1) is 19.3 Å². The number of likely N-dealkylation sites (tertiary alicyclic amines) is 1. The summed E-state index contributed by atoms with van der Waals surface area (Å²) in [5.41, 5.74) is 1.20. The van der Waals surface area contributed by atoms with Gasteiger partial charge in [0.2, 0.25) is 0 Å². The number of hydrogen-bond acceptors (Lipinski definition) is 5. The van der Waals surface area contributed by atoms with Gasteiger partial charge in [-0.15, -0.1) is 0 Å². The molecule has 1 unspecified atom stereocenters. The van der Waals surface area contributed by atoms with Crippen molar-refractivity contribution in [1.82, 2.24) is 9.80 Å². The number of pyridine rings is 1. The van der Waals surface area contributed by atoms with E-state index in [2.05, 4.69) is 65.2 Å². The highest BCUT2D eigenvalue weighted by molar-refractivity contribution is 5.11. The topological polar surface area (TPSA) is 51.9 Å². The molecule has 1 aromatic heterocycles. The normalized spacial score (nSPS) is 20.9. The minimum absolute atomic E-state index is 0.501. The van der Waals surface area contributed by atoms with Gasteiger partial charge in [-0.1, -0.05) is 27.7 Å². The predicted molar refractivity (Wildman–Crippen MR) is 147 cm³/mol. The zero-order chi connectivity index (χ0) is 26.2. The summed E-state index contributed by atoms with van der Waals surface area (Å²) in [6.07, 6.45) is 8.98. The first-order valence-corrected chi connectivity index (χ1v) is 14.0. The van der Waals surface area contributed by atoms with Crippen molar-refractivity contribution >= 4 is 0 Å². The fraction of sp³-hybridized carbons (Fsp3) is 0.828. The fourth-order valence-electron chi connectivity index (χ4n) is 4.29. The summed E-state index contributed by atoms with van der Waals surface area (Å²) in [6.45, 7) is 25.3. The smallest absolute Gasteiger partial charge is 0.180 e. The quantitative estimate of drug-likeness (QED) is 0.410. The van der Waals surface area contributed by atoms with Crippen molar-refractivity contribution in [3.63, 3.8) is 0 Å². The van der Waals surface area contributed by atoms with E-state index in [1.54, 1.807) is 0 Å². The summed E-state index contributed by atoms with van der Waals surface area (Å²) in [5.74, 6) is 1.22. The minimum Gasteiger partial charge on any atom is -0.619 e. The lowest BCUT2D eigenvalue weighted by atomic mass is 10.1. The van der Waals surface area contributed by atoms with Crippen LogP contribution in [-0.4, -0.2) is 74.0 Å². The van der Waals surface area contributed by atoms with Crippen molar-refractivity contribution in [2.75, 3.05) is 46.0 Å². The number of nitrogens with zero attached hydrogens (tertiary/aromatic N) is 3. The molecule has 35 heavy (non-hydrogen) atoms. The lowest BCUT2D eigenvalue weighted by Gasteiger charge is -2.29. The Labute approximate surface area is 216 Å². The van der Waals surface area contributed by atoms with Crippen LogP contribution < -0.4 is 4.73 Å². The van der Waals surface area contributed by atoms with Crippen molar-refractivity contribution in [2.45, 2.75) is 105 Å². The van der Waals surface area contributed by atoms with E-state index < -0.39 is 0 Å². The Kier molecular flexibility index (Phi) is 16.5. The first-order valence-electron chi connectivity index (χ1n) is 14.0. The van der Waals surface area contributed by atoms with Crippen LogP contribution in [0.3, 0.4) is 0 Å². The second-order valence-corrected chi connectivity index (χ2v) is 11.0. The van der Waals surface area contributed by atoms with Crippen LogP contribution >= 0.6 is 0 Å². The third kappa shape index (κ3) is 14.2. The van der Waals surface area contributed by atoms with Gasteiger partial charge in [-0.2, -0.15) is 4.73 Å². The van der Waals surface area contributed by atoms with Crippen molar-refractivity contribution in [2.24, 2.45) is 5.92 Å². The molecule has 0 N–H and O–H groups in total. The summed E-state index contributed by atoms with van der Waals surface area (Å²) in [5, 5.41) is 10.6. The van der Waals surface area contributed by atoms with Crippen LogP contribution in [0.4, 0.5) is 0 Å². The van der Waals surface area contributed by atoms with Crippen molar-refractivity contribution in [1.29, 1.82) is 0 Å². The molecule has 6 heteroatoms. The summed E-state index contributed by atoms with van der Waals surface area (Å²) in [6, 6.07) is 5.15. The van der Waals surface area contributed by atoms with Crippen LogP contribution in [0.5, 0.6) is 0 Å². The van der Waals surface area contributed by atoms with Crippen molar-refractivity contribution < 1.29 is 14.2 Å². The molecule has 3 aliphatic heterocycles. The van der Waals surface area contributed by atoms with Crippen molar-refractivity contribution in [3.05, 3.63) is 35.3 Å². The molecule has 6 nitrogen and oxygen atoms in total. The highest BCUT2D eigenvalue weighted by Crippen LogP contribution is 2.18. The number of aromatic nitrogens is 1. The molecule has 0 spiro atoms. The molecule has 0 saturated carbocycles. The molecule has 0 amide bonds. The van der Waals surface area contributed by atoms with E-state index in [9.17, 15) is 5.21 Å². The molecule has 3 fully saturated rings. The molecule has 3 aliphatic rings. The van der Waals surface area contributed by atoms with Gasteiger partial charge in [0, 0.05) is 43.9 Å². The molecule has 0 aliphatic carbocycles. The Morgan fingerprint density at radius 1 is 0.771 bits per heavy atom. The molecular weight excluding hydrogens is 438 g/mol. The van der Waals surface area contributed by atoms with Crippen LogP contribution in [0.25, 0.3) is 0 Å². The average Bonchev–Trinajstić information content (AvgIpc) is 3.56. The molecule has 0 radical (unpaired) electrons. The Balaban J connectivity index is 0.000000234. The molecule has 204 valence electrons. The van der Waals surface area contributed by atoms with E-state index in [1.807, 2.05) is 12.1 Å². The predicted octanol–water partition coefficient (Wildman–Crippen LogP) is 5.48. The molecule has 4 rings (SSSR count). The largest absolute Gasteiger partial charge is 0.619 e. The highest BCUT2D eigenvalue weighted by Gasteiger charge is 2.18. The van der Waals surface area contributed by atoms with Gasteiger partial charge in [-0.3, -0.25) is 4.90 Å². The van der Waals surface area contributed by atoms with Crippen LogP contribution in [0.15, 0.2) is 24.5 Å².